The van der Waals surface area contributed by atoms with E-state index < -0.39 is 0 Å². The van der Waals surface area contributed by atoms with Crippen LogP contribution in [0.15, 0.2) is 66.9 Å². The van der Waals surface area contributed by atoms with Crippen LogP contribution in [0, 0.1) is 5.92 Å². The van der Waals surface area contributed by atoms with Gasteiger partial charge in [-0.2, -0.15) is 0 Å². The molecule has 1 amide bonds. The van der Waals surface area contributed by atoms with Crippen LogP contribution in [0.2, 0.25) is 0 Å². The Morgan fingerprint density at radius 1 is 1.04 bits per heavy atom. The number of amides is 1. The quantitative estimate of drug-likeness (QED) is 0.840. The average Bonchev–Trinajstić information content (AvgIpc) is 3.15. The molecule has 0 aromatic heterocycles. The third kappa shape index (κ3) is 2.30. The van der Waals surface area contributed by atoms with Gasteiger partial charge in [-0.3, -0.25) is 4.79 Å². The molecule has 0 unspecified atom stereocenters. The van der Waals surface area contributed by atoms with Crippen LogP contribution in [0.3, 0.4) is 0 Å². The first-order valence-corrected chi connectivity index (χ1v) is 9.07. The zero-order valence-corrected chi connectivity index (χ0v) is 14.0. The van der Waals surface area contributed by atoms with Crippen molar-refractivity contribution in [1.82, 2.24) is 4.90 Å². The van der Waals surface area contributed by atoms with Gasteiger partial charge in [0.1, 0.15) is 6.10 Å². The van der Waals surface area contributed by atoms with Gasteiger partial charge in [0.25, 0.3) is 0 Å². The van der Waals surface area contributed by atoms with Gasteiger partial charge >= 0.3 is 0 Å². The molecule has 1 fully saturated rings. The standard InChI is InChI=1S/C22H21NO2/c24-22-18-12-13-25-21(18)20-17-9-5-4-8-16(17)10-11-19(20)23(22)14-15-6-2-1-3-7-15/h1-9,12-13,18-21H,10-11,14H2/t18-,19+,20+,21+/m1/s1. The first-order chi connectivity index (χ1) is 12.3. The SMILES string of the molecule is O=C1[C@@H]2C=CO[C@@H]2[C@H]2c3ccccc3CC[C@@H]2N1Cc1ccccc1. The maximum atomic E-state index is 13.2. The molecule has 1 aliphatic carbocycles. The average molecular weight is 331 g/mol. The number of benzene rings is 2. The van der Waals surface area contributed by atoms with Gasteiger partial charge in [-0.25, -0.2) is 0 Å². The molecular formula is C22H21NO2. The van der Waals surface area contributed by atoms with E-state index in [4.69, 9.17) is 4.74 Å². The van der Waals surface area contributed by atoms with Crippen LogP contribution >= 0.6 is 0 Å². The van der Waals surface area contributed by atoms with E-state index in [0.717, 1.165) is 12.8 Å². The lowest BCUT2D eigenvalue weighted by atomic mass is 9.70. The zero-order valence-electron chi connectivity index (χ0n) is 14.0. The second-order valence-corrected chi connectivity index (χ2v) is 7.24. The first kappa shape index (κ1) is 14.8. The number of carbonyl (C=O) groups excluding carboxylic acids is 1. The summed E-state index contributed by atoms with van der Waals surface area (Å²) >= 11 is 0. The molecule has 2 aromatic rings. The second-order valence-electron chi connectivity index (χ2n) is 7.24. The number of hydrogen-bond donors (Lipinski definition) is 0. The predicted molar refractivity (Wildman–Crippen MR) is 95.8 cm³/mol. The fourth-order valence-corrected chi connectivity index (χ4v) is 4.80. The molecule has 126 valence electrons. The number of aryl methyl sites for hydroxylation is 1. The third-order valence-electron chi connectivity index (χ3n) is 5.93. The predicted octanol–water partition coefficient (Wildman–Crippen LogP) is 3.66. The van der Waals surface area contributed by atoms with E-state index in [0.29, 0.717) is 6.54 Å². The number of likely N-dealkylation sites (tertiary alicyclic amines) is 1. The Hall–Kier alpha value is -2.55. The van der Waals surface area contributed by atoms with E-state index in [-0.39, 0.29) is 29.9 Å². The number of nitrogens with zero attached hydrogens (tertiary/aromatic N) is 1. The summed E-state index contributed by atoms with van der Waals surface area (Å²) in [6.07, 6.45) is 5.66. The summed E-state index contributed by atoms with van der Waals surface area (Å²) in [5.41, 5.74) is 3.96. The summed E-state index contributed by atoms with van der Waals surface area (Å²) in [5, 5.41) is 0. The third-order valence-corrected chi connectivity index (χ3v) is 5.93. The lowest BCUT2D eigenvalue weighted by Crippen LogP contribution is -2.57. The smallest absolute Gasteiger partial charge is 0.233 e. The number of fused-ring (bicyclic) bond motifs is 5. The van der Waals surface area contributed by atoms with Gasteiger partial charge in [0.2, 0.25) is 5.91 Å². The van der Waals surface area contributed by atoms with Crippen molar-refractivity contribution in [3.05, 3.63) is 83.6 Å². The Morgan fingerprint density at radius 3 is 2.72 bits per heavy atom. The molecule has 3 aliphatic rings. The molecule has 2 aromatic carbocycles. The summed E-state index contributed by atoms with van der Waals surface area (Å²) in [4.78, 5) is 15.3. The lowest BCUT2D eigenvalue weighted by Gasteiger charge is -2.49. The molecule has 0 N–H and O–H groups in total. The normalized spacial score (nSPS) is 29.6. The maximum absolute atomic E-state index is 13.2. The highest BCUT2D eigenvalue weighted by Gasteiger charge is 2.52. The summed E-state index contributed by atoms with van der Waals surface area (Å²) in [7, 11) is 0. The number of hydrogen-bond acceptors (Lipinski definition) is 2. The highest BCUT2D eigenvalue weighted by Crippen LogP contribution is 2.46. The largest absolute Gasteiger partial charge is 0.496 e. The van der Waals surface area contributed by atoms with Gasteiger partial charge in [-0.05, 0) is 35.6 Å². The molecule has 0 radical (unpaired) electrons. The number of carbonyl (C=O) groups is 1. The highest BCUT2D eigenvalue weighted by molar-refractivity contribution is 5.83. The number of rotatable bonds is 2. The Kier molecular flexibility index (Phi) is 3.40. The first-order valence-electron chi connectivity index (χ1n) is 9.07. The molecule has 0 saturated carbocycles. The molecule has 3 nitrogen and oxygen atoms in total. The molecule has 3 heteroatoms. The van der Waals surface area contributed by atoms with Crippen LogP contribution in [0.25, 0.3) is 0 Å². The van der Waals surface area contributed by atoms with Gasteiger partial charge in [-0.15, -0.1) is 0 Å². The number of piperidine rings is 1. The molecule has 2 heterocycles. The van der Waals surface area contributed by atoms with Crippen molar-refractivity contribution in [2.75, 3.05) is 0 Å². The van der Waals surface area contributed by atoms with E-state index in [9.17, 15) is 4.79 Å². The lowest BCUT2D eigenvalue weighted by molar-refractivity contribution is -0.148. The van der Waals surface area contributed by atoms with Crippen LogP contribution in [0.1, 0.15) is 29.0 Å². The zero-order chi connectivity index (χ0) is 16.8. The van der Waals surface area contributed by atoms with E-state index in [1.165, 1.54) is 16.7 Å². The van der Waals surface area contributed by atoms with Gasteiger partial charge in [0, 0.05) is 18.5 Å². The highest BCUT2D eigenvalue weighted by atomic mass is 16.5. The molecule has 5 rings (SSSR count). The van der Waals surface area contributed by atoms with Crippen LogP contribution in [0.4, 0.5) is 0 Å². The molecule has 0 spiro atoms. The van der Waals surface area contributed by atoms with Gasteiger partial charge in [0.15, 0.2) is 0 Å². The van der Waals surface area contributed by atoms with Crippen LogP contribution in [-0.2, 0) is 22.5 Å². The molecule has 4 atom stereocenters. The minimum atomic E-state index is -0.156. The van der Waals surface area contributed by atoms with Gasteiger partial charge < -0.3 is 9.64 Å². The van der Waals surface area contributed by atoms with E-state index in [1.54, 1.807) is 6.26 Å². The molecule has 1 saturated heterocycles. The summed E-state index contributed by atoms with van der Waals surface area (Å²) in [6, 6.07) is 19.2. The second kappa shape index (κ2) is 5.76. The Labute approximate surface area is 147 Å². The summed E-state index contributed by atoms with van der Waals surface area (Å²) in [5.74, 6) is 0.311. The molecule has 2 aliphatic heterocycles. The van der Waals surface area contributed by atoms with Crippen molar-refractivity contribution in [3.63, 3.8) is 0 Å². The van der Waals surface area contributed by atoms with Gasteiger partial charge in [0.05, 0.1) is 12.2 Å². The van der Waals surface area contributed by atoms with Crippen molar-refractivity contribution in [3.8, 4) is 0 Å². The molecule has 25 heavy (non-hydrogen) atoms. The van der Waals surface area contributed by atoms with Gasteiger partial charge in [-0.1, -0.05) is 54.6 Å². The summed E-state index contributed by atoms with van der Waals surface area (Å²) in [6.45, 7) is 0.681. The van der Waals surface area contributed by atoms with Crippen molar-refractivity contribution >= 4 is 5.91 Å². The van der Waals surface area contributed by atoms with E-state index in [2.05, 4.69) is 41.3 Å². The van der Waals surface area contributed by atoms with E-state index >= 15 is 0 Å². The van der Waals surface area contributed by atoms with Crippen molar-refractivity contribution in [2.24, 2.45) is 5.92 Å². The molecular weight excluding hydrogens is 310 g/mol. The Balaban J connectivity index is 1.56. The van der Waals surface area contributed by atoms with Crippen LogP contribution in [0.5, 0.6) is 0 Å². The Morgan fingerprint density at radius 2 is 1.84 bits per heavy atom. The summed E-state index contributed by atoms with van der Waals surface area (Å²) < 4.78 is 5.92. The maximum Gasteiger partial charge on any atom is 0.233 e. The van der Waals surface area contributed by atoms with Crippen LogP contribution in [-0.4, -0.2) is 23.0 Å². The fraction of sp³-hybridized carbons (Fsp3) is 0.318. The van der Waals surface area contributed by atoms with Crippen molar-refractivity contribution < 1.29 is 9.53 Å². The van der Waals surface area contributed by atoms with Crippen molar-refractivity contribution in [1.29, 1.82) is 0 Å². The van der Waals surface area contributed by atoms with Crippen LogP contribution < -0.4 is 0 Å². The minimum absolute atomic E-state index is 0.0500. The monoisotopic (exact) mass is 331 g/mol. The minimum Gasteiger partial charge on any atom is -0.496 e. The topological polar surface area (TPSA) is 29.5 Å². The molecule has 0 bridgehead atoms. The Bertz CT molecular complexity index is 829. The van der Waals surface area contributed by atoms with E-state index in [1.807, 2.05) is 24.3 Å². The number of ether oxygens (including phenoxy) is 1. The fourth-order valence-electron chi connectivity index (χ4n) is 4.80. The van der Waals surface area contributed by atoms with Crippen molar-refractivity contribution in [2.45, 2.75) is 37.5 Å².